The van der Waals surface area contributed by atoms with E-state index >= 15 is 0 Å². The molecule has 0 fully saturated rings. The second-order valence-corrected chi connectivity index (χ2v) is 10.8. The average molecular weight is 238 g/mol. The van der Waals surface area contributed by atoms with Crippen LogP contribution in [-0.4, -0.2) is 21.5 Å². The zero-order valence-electron chi connectivity index (χ0n) is 10.5. The van der Waals surface area contributed by atoms with Crippen LogP contribution in [0.5, 0.6) is 0 Å². The van der Waals surface area contributed by atoms with Gasteiger partial charge in [0.25, 0.3) is 0 Å². The van der Waals surface area contributed by atoms with Gasteiger partial charge in [0, 0.05) is 14.7 Å². The fourth-order valence-electron chi connectivity index (χ4n) is 1.23. The van der Waals surface area contributed by atoms with E-state index in [1.807, 2.05) is 18.2 Å². The first-order valence-corrected chi connectivity index (χ1v) is 9.48. The average Bonchev–Trinajstić information content (AvgIpc) is 2.23. The summed E-state index contributed by atoms with van der Waals surface area (Å²) in [5.41, 5.74) is 1.19. The van der Waals surface area contributed by atoms with Crippen molar-refractivity contribution in [3.8, 4) is 0 Å². The Morgan fingerprint density at radius 2 is 1.69 bits per heavy atom. The van der Waals surface area contributed by atoms with Gasteiger partial charge in [0.2, 0.25) is 0 Å². The Hall–Kier alpha value is -0.643. The van der Waals surface area contributed by atoms with Crippen LogP contribution in [0, 0.1) is 0 Å². The normalized spacial score (nSPS) is 11.7. The molecule has 0 N–H and O–H groups in total. The van der Waals surface area contributed by atoms with Crippen LogP contribution in [0.15, 0.2) is 30.3 Å². The maximum atomic E-state index is 5.44. The molecule has 0 saturated heterocycles. The van der Waals surface area contributed by atoms with Gasteiger partial charge in [0.05, 0.1) is 6.61 Å². The van der Waals surface area contributed by atoms with Crippen molar-refractivity contribution in [3.63, 3.8) is 0 Å². The lowest BCUT2D eigenvalue weighted by molar-refractivity contribution is -0.0573. The second-order valence-electron chi connectivity index (χ2n) is 5.17. The molecule has 0 bridgehead atoms. The van der Waals surface area contributed by atoms with Gasteiger partial charge >= 0.3 is 0 Å². The molecule has 0 heterocycles. The van der Waals surface area contributed by atoms with Crippen LogP contribution in [0.2, 0.25) is 25.7 Å². The molecule has 0 unspecified atom stereocenters. The highest BCUT2D eigenvalue weighted by atomic mass is 28.3. The molecule has 1 aromatic carbocycles. The van der Waals surface area contributed by atoms with Gasteiger partial charge in [-0.3, -0.25) is 0 Å². The summed E-state index contributed by atoms with van der Waals surface area (Å²) in [6.45, 7) is 8.90. The van der Waals surface area contributed by atoms with E-state index in [2.05, 4.69) is 31.8 Å². The predicted octanol–water partition coefficient (Wildman–Crippen LogP) is 3.52. The van der Waals surface area contributed by atoms with Crippen LogP contribution in [0.1, 0.15) is 5.56 Å². The van der Waals surface area contributed by atoms with Crippen LogP contribution in [0.3, 0.4) is 0 Å². The molecular formula is C13H22O2Si. The molecule has 0 radical (unpaired) electrons. The number of hydrogen-bond donors (Lipinski definition) is 0. The van der Waals surface area contributed by atoms with Gasteiger partial charge in [-0.1, -0.05) is 50.0 Å². The van der Waals surface area contributed by atoms with E-state index in [9.17, 15) is 0 Å². The second kappa shape index (κ2) is 6.84. The van der Waals surface area contributed by atoms with Crippen LogP contribution in [0.4, 0.5) is 0 Å². The summed E-state index contributed by atoms with van der Waals surface area (Å²) in [6, 6.07) is 11.4. The fraction of sp³-hybridized carbons (Fsp3) is 0.538. The number of hydrogen-bond acceptors (Lipinski definition) is 2. The highest BCUT2D eigenvalue weighted by Gasteiger charge is 2.11. The third-order valence-corrected chi connectivity index (χ3v) is 3.98. The van der Waals surface area contributed by atoms with E-state index in [1.165, 1.54) is 11.6 Å². The fourth-order valence-corrected chi connectivity index (χ4v) is 1.99. The van der Waals surface area contributed by atoms with Crippen LogP contribution in [0.25, 0.3) is 0 Å². The summed E-state index contributed by atoms with van der Waals surface area (Å²) in [5, 5.41) is 0. The SMILES string of the molecule is C[Si](C)(C)CCOCOCc1ccccc1. The molecule has 0 amide bonds. The first-order valence-electron chi connectivity index (χ1n) is 5.77. The lowest BCUT2D eigenvalue weighted by atomic mass is 10.2. The van der Waals surface area contributed by atoms with E-state index < -0.39 is 8.07 Å². The lowest BCUT2D eigenvalue weighted by Gasteiger charge is -2.15. The van der Waals surface area contributed by atoms with E-state index in [0.717, 1.165) is 6.61 Å². The highest BCUT2D eigenvalue weighted by Crippen LogP contribution is 2.07. The molecule has 0 aromatic heterocycles. The Morgan fingerprint density at radius 1 is 1.00 bits per heavy atom. The Balaban J connectivity index is 2.01. The standard InChI is InChI=1S/C13H22O2Si/c1-16(2,3)10-9-14-12-15-11-13-7-5-4-6-8-13/h4-8H,9-12H2,1-3H3. The van der Waals surface area contributed by atoms with Gasteiger partial charge in [-0.2, -0.15) is 0 Å². The largest absolute Gasteiger partial charge is 0.356 e. The molecule has 90 valence electrons. The quantitative estimate of drug-likeness (QED) is 0.411. The molecular weight excluding hydrogens is 216 g/mol. The molecule has 1 rings (SSSR count). The minimum atomic E-state index is -0.962. The first-order chi connectivity index (χ1) is 7.58. The molecule has 0 saturated carbocycles. The van der Waals surface area contributed by atoms with Gasteiger partial charge in [-0.25, -0.2) is 0 Å². The summed E-state index contributed by atoms with van der Waals surface area (Å²) in [5.74, 6) is 0. The van der Waals surface area contributed by atoms with Crippen molar-refractivity contribution < 1.29 is 9.47 Å². The summed E-state index contributed by atoms with van der Waals surface area (Å²) in [4.78, 5) is 0. The Morgan fingerprint density at radius 3 is 2.31 bits per heavy atom. The maximum absolute atomic E-state index is 5.44. The summed E-state index contributed by atoms with van der Waals surface area (Å²) in [7, 11) is -0.962. The van der Waals surface area contributed by atoms with E-state index in [-0.39, 0.29) is 0 Å². The van der Waals surface area contributed by atoms with Gasteiger partial charge in [0.1, 0.15) is 6.79 Å². The zero-order valence-corrected chi connectivity index (χ0v) is 11.5. The van der Waals surface area contributed by atoms with Crippen LogP contribution >= 0.6 is 0 Å². The molecule has 0 spiro atoms. The van der Waals surface area contributed by atoms with Crippen LogP contribution < -0.4 is 0 Å². The molecule has 0 aliphatic carbocycles. The number of rotatable bonds is 7. The smallest absolute Gasteiger partial charge is 0.147 e. The molecule has 3 heteroatoms. The Kier molecular flexibility index (Phi) is 5.73. The van der Waals surface area contributed by atoms with Gasteiger partial charge in [-0.05, 0) is 11.6 Å². The molecule has 2 nitrogen and oxygen atoms in total. The number of ether oxygens (including phenoxy) is 2. The van der Waals surface area contributed by atoms with Crippen LogP contribution in [-0.2, 0) is 16.1 Å². The topological polar surface area (TPSA) is 18.5 Å². The van der Waals surface area contributed by atoms with Gasteiger partial charge in [0.15, 0.2) is 0 Å². The summed E-state index contributed by atoms with van der Waals surface area (Å²) in [6.07, 6.45) is 0. The van der Waals surface area contributed by atoms with Crippen molar-refractivity contribution in [1.29, 1.82) is 0 Å². The predicted molar refractivity (Wildman–Crippen MR) is 70.2 cm³/mol. The van der Waals surface area contributed by atoms with Gasteiger partial charge < -0.3 is 9.47 Å². The van der Waals surface area contributed by atoms with Crippen molar-refractivity contribution in [1.82, 2.24) is 0 Å². The van der Waals surface area contributed by atoms with E-state index in [1.54, 1.807) is 0 Å². The summed E-state index contributed by atoms with van der Waals surface area (Å²) >= 11 is 0. The van der Waals surface area contributed by atoms with E-state index in [4.69, 9.17) is 9.47 Å². The van der Waals surface area contributed by atoms with Crippen molar-refractivity contribution in [3.05, 3.63) is 35.9 Å². The Labute approximate surface area is 99.6 Å². The highest BCUT2D eigenvalue weighted by molar-refractivity contribution is 6.76. The van der Waals surface area contributed by atoms with Crippen molar-refractivity contribution >= 4 is 8.07 Å². The molecule has 0 atom stereocenters. The minimum absolute atomic E-state index is 0.402. The van der Waals surface area contributed by atoms with Gasteiger partial charge in [-0.15, -0.1) is 0 Å². The number of benzene rings is 1. The van der Waals surface area contributed by atoms with E-state index in [0.29, 0.717) is 13.4 Å². The molecule has 0 aliphatic rings. The Bertz CT molecular complexity index is 280. The molecule has 16 heavy (non-hydrogen) atoms. The lowest BCUT2D eigenvalue weighted by Crippen LogP contribution is -2.21. The minimum Gasteiger partial charge on any atom is -0.356 e. The first kappa shape index (κ1) is 13.4. The maximum Gasteiger partial charge on any atom is 0.147 e. The third-order valence-electron chi connectivity index (χ3n) is 2.27. The summed E-state index contributed by atoms with van der Waals surface area (Å²) < 4.78 is 10.9. The zero-order chi connectivity index (χ0) is 11.9. The third kappa shape index (κ3) is 6.77. The van der Waals surface area contributed by atoms with Crippen molar-refractivity contribution in [2.45, 2.75) is 32.3 Å². The van der Waals surface area contributed by atoms with Crippen molar-refractivity contribution in [2.75, 3.05) is 13.4 Å². The molecule has 1 aromatic rings. The van der Waals surface area contributed by atoms with Crippen molar-refractivity contribution in [2.24, 2.45) is 0 Å². The molecule has 0 aliphatic heterocycles. The monoisotopic (exact) mass is 238 g/mol.